The summed E-state index contributed by atoms with van der Waals surface area (Å²) in [6, 6.07) is 13.2. The molecule has 0 unspecified atom stereocenters. The lowest BCUT2D eigenvalue weighted by Crippen LogP contribution is -2.44. The minimum atomic E-state index is -0.537. The van der Waals surface area contributed by atoms with Gasteiger partial charge >= 0.3 is 12.1 Å². The monoisotopic (exact) mass is 689 g/mol. The summed E-state index contributed by atoms with van der Waals surface area (Å²) in [5.74, 6) is 0.433. The maximum Gasteiger partial charge on any atom is 0.410 e. The van der Waals surface area contributed by atoms with Gasteiger partial charge in [-0.2, -0.15) is 0 Å². The standard InChI is InChI=1S/C31H33BrClN3O6S/c1-18(21-7-6-8-24(27(21)33)41-20-11-13-35(14-12-20)30(38)42-31(2,3)4)40-25-16-26(43-28(25)29(37)39-5)36-17-34-22-15-19(32)9-10-23(22)36/h6-10,15-18,20H,11-14H2,1-5H3/t18-/m1/s1. The van der Waals surface area contributed by atoms with E-state index in [9.17, 15) is 9.59 Å². The van der Waals surface area contributed by atoms with Crippen LogP contribution in [0.4, 0.5) is 4.79 Å². The number of rotatable bonds is 7. The quantitative estimate of drug-likeness (QED) is 0.181. The lowest BCUT2D eigenvalue weighted by molar-refractivity contribution is 0.0126. The van der Waals surface area contributed by atoms with Crippen molar-refractivity contribution in [3.63, 3.8) is 0 Å². The zero-order valence-corrected chi connectivity index (χ0v) is 27.7. The molecule has 2 aromatic heterocycles. The number of thiophene rings is 1. The minimum absolute atomic E-state index is 0.0985. The fraction of sp³-hybridized carbons (Fsp3) is 0.387. The van der Waals surface area contributed by atoms with E-state index in [0.717, 1.165) is 20.5 Å². The average molecular weight is 691 g/mol. The molecule has 9 nitrogen and oxygen atoms in total. The summed E-state index contributed by atoms with van der Waals surface area (Å²) in [7, 11) is 1.34. The predicted octanol–water partition coefficient (Wildman–Crippen LogP) is 8.21. The zero-order valence-electron chi connectivity index (χ0n) is 24.6. The van der Waals surface area contributed by atoms with Crippen LogP contribution >= 0.6 is 38.9 Å². The van der Waals surface area contributed by atoms with Crippen molar-refractivity contribution in [2.45, 2.75) is 58.3 Å². The van der Waals surface area contributed by atoms with Crippen LogP contribution in [0.3, 0.4) is 0 Å². The molecule has 2 aromatic carbocycles. The number of aromatic nitrogens is 2. The van der Waals surface area contributed by atoms with Crippen molar-refractivity contribution in [2.24, 2.45) is 0 Å². The van der Waals surface area contributed by atoms with Crippen molar-refractivity contribution in [2.75, 3.05) is 20.2 Å². The van der Waals surface area contributed by atoms with E-state index in [0.29, 0.717) is 52.9 Å². The molecule has 1 aliphatic rings. The number of hydrogen-bond donors (Lipinski definition) is 0. The molecule has 0 saturated carbocycles. The fourth-order valence-corrected chi connectivity index (χ4v) is 6.48. The Morgan fingerprint density at radius 1 is 1.12 bits per heavy atom. The molecule has 1 atom stereocenters. The van der Waals surface area contributed by atoms with Crippen LogP contribution in [-0.2, 0) is 9.47 Å². The molecule has 12 heteroatoms. The van der Waals surface area contributed by atoms with Crippen LogP contribution in [0, 0.1) is 0 Å². The van der Waals surface area contributed by atoms with Gasteiger partial charge in [-0.3, -0.25) is 4.57 Å². The Kier molecular flexibility index (Phi) is 9.24. The Hall–Kier alpha value is -3.28. The molecule has 4 aromatic rings. The van der Waals surface area contributed by atoms with Gasteiger partial charge in [0.2, 0.25) is 0 Å². The number of hydrogen-bond acceptors (Lipinski definition) is 8. The normalized spacial score (nSPS) is 14.9. The van der Waals surface area contributed by atoms with Crippen molar-refractivity contribution in [3.05, 3.63) is 68.7 Å². The average Bonchev–Trinajstić information content (AvgIpc) is 3.56. The van der Waals surface area contributed by atoms with Gasteiger partial charge in [-0.25, -0.2) is 14.6 Å². The van der Waals surface area contributed by atoms with Gasteiger partial charge in [0.05, 0.1) is 23.2 Å². The van der Waals surface area contributed by atoms with Crippen molar-refractivity contribution in [3.8, 4) is 16.5 Å². The number of benzene rings is 2. The van der Waals surface area contributed by atoms with E-state index in [4.69, 9.17) is 30.5 Å². The highest BCUT2D eigenvalue weighted by Crippen LogP contribution is 2.40. The zero-order chi connectivity index (χ0) is 30.9. The molecule has 0 radical (unpaired) electrons. The Morgan fingerprint density at radius 2 is 1.86 bits per heavy atom. The van der Waals surface area contributed by atoms with E-state index >= 15 is 0 Å². The number of carbonyl (C=O) groups is 2. The van der Waals surface area contributed by atoms with Crippen molar-refractivity contribution in [1.29, 1.82) is 0 Å². The van der Waals surface area contributed by atoms with Crippen LogP contribution in [0.5, 0.6) is 11.5 Å². The fourth-order valence-electron chi connectivity index (χ4n) is 4.81. The SMILES string of the molecule is COC(=O)c1sc(-n2cnc3cc(Br)ccc32)cc1O[C@H](C)c1cccc(OC2CCN(C(=O)OC(C)(C)C)CC2)c1Cl. The summed E-state index contributed by atoms with van der Waals surface area (Å²) in [5, 5.41) is 1.19. The minimum Gasteiger partial charge on any atom is -0.489 e. The third-order valence-corrected chi connectivity index (χ3v) is 8.92. The number of amides is 1. The maximum atomic E-state index is 12.7. The van der Waals surface area contributed by atoms with Crippen molar-refractivity contribution in [1.82, 2.24) is 14.5 Å². The van der Waals surface area contributed by atoms with Gasteiger partial charge in [0.25, 0.3) is 0 Å². The molecule has 0 bridgehead atoms. The van der Waals surface area contributed by atoms with Gasteiger partial charge in [-0.05, 0) is 52.0 Å². The Balaban J connectivity index is 1.31. The highest BCUT2D eigenvalue weighted by atomic mass is 79.9. The molecule has 0 aliphatic carbocycles. The van der Waals surface area contributed by atoms with Gasteiger partial charge in [-0.15, -0.1) is 11.3 Å². The largest absolute Gasteiger partial charge is 0.489 e. The van der Waals surface area contributed by atoms with E-state index in [2.05, 4.69) is 20.9 Å². The second kappa shape index (κ2) is 12.8. The van der Waals surface area contributed by atoms with Gasteiger partial charge in [-0.1, -0.05) is 39.7 Å². The summed E-state index contributed by atoms with van der Waals surface area (Å²) in [6.07, 6.45) is 2.12. The maximum absolute atomic E-state index is 12.7. The number of carbonyl (C=O) groups excluding carboxylic acids is 2. The predicted molar refractivity (Wildman–Crippen MR) is 170 cm³/mol. The number of halogens is 2. The van der Waals surface area contributed by atoms with E-state index in [-0.39, 0.29) is 12.2 Å². The summed E-state index contributed by atoms with van der Waals surface area (Å²) in [4.78, 5) is 31.7. The number of methoxy groups -OCH3 is 1. The van der Waals surface area contributed by atoms with Crippen molar-refractivity contribution < 1.29 is 28.5 Å². The van der Waals surface area contributed by atoms with E-state index in [1.165, 1.54) is 18.4 Å². The van der Waals surface area contributed by atoms with Crippen LogP contribution in [0.25, 0.3) is 16.0 Å². The first-order valence-electron chi connectivity index (χ1n) is 13.9. The topological polar surface area (TPSA) is 92.1 Å². The smallest absolute Gasteiger partial charge is 0.410 e. The number of piperidine rings is 1. The molecular formula is C31H33BrClN3O6S. The van der Waals surface area contributed by atoms with Gasteiger partial charge < -0.3 is 23.8 Å². The lowest BCUT2D eigenvalue weighted by Gasteiger charge is -2.33. The first kappa shape index (κ1) is 31.2. The molecule has 3 heterocycles. The molecule has 228 valence electrons. The summed E-state index contributed by atoms with van der Waals surface area (Å²) in [5.41, 5.74) is 1.89. The number of nitrogens with zero attached hydrogens (tertiary/aromatic N) is 3. The van der Waals surface area contributed by atoms with Crippen LogP contribution in [-0.4, -0.2) is 58.4 Å². The molecule has 0 spiro atoms. The van der Waals surface area contributed by atoms with Gasteiger partial charge in [0, 0.05) is 42.0 Å². The van der Waals surface area contributed by atoms with E-state index in [1.54, 1.807) is 11.2 Å². The third kappa shape index (κ3) is 7.11. The summed E-state index contributed by atoms with van der Waals surface area (Å²) < 4.78 is 26.0. The molecule has 0 N–H and O–H groups in total. The van der Waals surface area contributed by atoms with Gasteiger partial charge in [0.15, 0.2) is 4.88 Å². The van der Waals surface area contributed by atoms with Crippen molar-refractivity contribution >= 4 is 62.0 Å². The van der Waals surface area contributed by atoms with Gasteiger partial charge in [0.1, 0.15) is 40.6 Å². The number of ether oxygens (including phenoxy) is 4. The molecular weight excluding hydrogens is 658 g/mol. The second-order valence-corrected chi connectivity index (χ2v) is 13.5. The number of likely N-dealkylation sites (tertiary alicyclic amines) is 1. The van der Waals surface area contributed by atoms with Crippen LogP contribution < -0.4 is 9.47 Å². The number of esters is 1. The summed E-state index contributed by atoms with van der Waals surface area (Å²) in [6.45, 7) is 8.51. The highest BCUT2D eigenvalue weighted by molar-refractivity contribution is 9.10. The van der Waals surface area contributed by atoms with Crippen LogP contribution in [0.15, 0.2) is 53.3 Å². The Morgan fingerprint density at radius 3 is 2.56 bits per heavy atom. The first-order valence-corrected chi connectivity index (χ1v) is 15.9. The molecule has 1 saturated heterocycles. The third-order valence-electron chi connectivity index (χ3n) is 6.92. The van der Waals surface area contributed by atoms with E-state index < -0.39 is 17.7 Å². The first-order chi connectivity index (χ1) is 20.4. The lowest BCUT2D eigenvalue weighted by atomic mass is 10.1. The number of imidazole rings is 1. The van der Waals surface area contributed by atoms with Crippen LogP contribution in [0.2, 0.25) is 5.02 Å². The Labute approximate surface area is 267 Å². The Bertz CT molecular complexity index is 1640. The van der Waals surface area contributed by atoms with E-state index in [1.807, 2.05) is 74.7 Å². The summed E-state index contributed by atoms with van der Waals surface area (Å²) >= 11 is 11.6. The second-order valence-electron chi connectivity index (χ2n) is 11.2. The molecule has 43 heavy (non-hydrogen) atoms. The molecule has 5 rings (SSSR count). The molecule has 1 fully saturated rings. The molecule has 1 amide bonds. The van der Waals surface area contributed by atoms with Crippen LogP contribution in [0.1, 0.15) is 61.9 Å². The highest BCUT2D eigenvalue weighted by Gasteiger charge is 2.29. The molecule has 1 aliphatic heterocycles. The number of fused-ring (bicyclic) bond motifs is 1.